The summed E-state index contributed by atoms with van der Waals surface area (Å²) in [6.45, 7) is 1.96. The summed E-state index contributed by atoms with van der Waals surface area (Å²) in [5, 5.41) is 0.370. The third-order valence-corrected chi connectivity index (χ3v) is 6.75. The number of carbonyl (C=O) groups is 1. The van der Waals surface area contributed by atoms with E-state index >= 15 is 0 Å². The highest BCUT2D eigenvalue weighted by molar-refractivity contribution is 7.84. The summed E-state index contributed by atoms with van der Waals surface area (Å²) in [6, 6.07) is 13.2. The molecule has 4 rings (SSSR count). The SMILES string of the molecule is Cc1ccc(C(=O)CCc2cn(-c3ccc(-n4cccc(F)c4=O)cc3)c(S(C)=O)n2)s1. The van der Waals surface area contributed by atoms with Gasteiger partial charge in [0, 0.05) is 41.3 Å². The second-order valence-corrected chi connectivity index (χ2v) is 9.78. The Balaban J connectivity index is 1.58. The molecule has 0 N–H and O–H groups in total. The molecule has 4 aromatic rings. The maximum absolute atomic E-state index is 13.6. The van der Waals surface area contributed by atoms with Crippen LogP contribution in [0.3, 0.4) is 0 Å². The molecule has 1 unspecified atom stereocenters. The number of carbonyl (C=O) groups excluding carboxylic acids is 1. The van der Waals surface area contributed by atoms with E-state index in [0.29, 0.717) is 35.1 Å². The van der Waals surface area contributed by atoms with E-state index in [1.165, 1.54) is 28.2 Å². The second-order valence-electron chi connectivity index (χ2n) is 7.22. The lowest BCUT2D eigenvalue weighted by molar-refractivity contribution is 0.0986. The lowest BCUT2D eigenvalue weighted by Crippen LogP contribution is -2.20. The van der Waals surface area contributed by atoms with Crippen molar-refractivity contribution in [3.8, 4) is 11.4 Å². The predicted molar refractivity (Wildman–Crippen MR) is 123 cm³/mol. The zero-order valence-electron chi connectivity index (χ0n) is 17.4. The topological polar surface area (TPSA) is 74.0 Å². The van der Waals surface area contributed by atoms with Crippen LogP contribution >= 0.6 is 11.3 Å². The number of hydrogen-bond donors (Lipinski definition) is 0. The molecule has 0 aliphatic heterocycles. The van der Waals surface area contributed by atoms with Crippen molar-refractivity contribution in [2.75, 3.05) is 6.26 Å². The van der Waals surface area contributed by atoms with E-state index in [0.717, 1.165) is 15.8 Å². The number of Topliss-reactive ketones (excluding diaryl/α,β-unsaturated/α-hetero) is 1. The molecule has 1 atom stereocenters. The number of pyridine rings is 1. The first-order valence-electron chi connectivity index (χ1n) is 9.83. The number of hydrogen-bond acceptors (Lipinski definition) is 5. The lowest BCUT2D eigenvalue weighted by atomic mass is 10.1. The summed E-state index contributed by atoms with van der Waals surface area (Å²) in [7, 11) is -1.35. The summed E-state index contributed by atoms with van der Waals surface area (Å²) in [5.74, 6) is -0.770. The van der Waals surface area contributed by atoms with Crippen LogP contribution in [0.15, 0.2) is 70.9 Å². The molecular weight excluding hydrogens is 449 g/mol. The van der Waals surface area contributed by atoms with Gasteiger partial charge in [0.1, 0.15) is 0 Å². The van der Waals surface area contributed by atoms with Gasteiger partial charge in [-0.3, -0.25) is 22.9 Å². The zero-order valence-corrected chi connectivity index (χ0v) is 19.1. The number of ketones is 1. The monoisotopic (exact) mass is 469 g/mol. The van der Waals surface area contributed by atoms with Crippen molar-refractivity contribution in [2.45, 2.75) is 24.9 Å². The molecule has 0 aliphatic carbocycles. The van der Waals surface area contributed by atoms with Crippen LogP contribution in [0.4, 0.5) is 4.39 Å². The maximum atomic E-state index is 13.6. The van der Waals surface area contributed by atoms with Gasteiger partial charge in [0.05, 0.1) is 21.4 Å². The molecule has 0 amide bonds. The van der Waals surface area contributed by atoms with Gasteiger partial charge in [0.15, 0.2) is 11.6 Å². The minimum atomic E-state index is -1.35. The number of aromatic nitrogens is 3. The molecule has 6 nitrogen and oxygen atoms in total. The van der Waals surface area contributed by atoms with Gasteiger partial charge in [0.2, 0.25) is 5.16 Å². The summed E-state index contributed by atoms with van der Waals surface area (Å²) < 4.78 is 28.8. The fourth-order valence-electron chi connectivity index (χ4n) is 3.31. The van der Waals surface area contributed by atoms with Crippen molar-refractivity contribution in [2.24, 2.45) is 0 Å². The van der Waals surface area contributed by atoms with Crippen LogP contribution < -0.4 is 5.56 Å². The molecular formula is C23H20FN3O3S2. The Morgan fingerprint density at radius 2 is 1.78 bits per heavy atom. The zero-order chi connectivity index (χ0) is 22.8. The van der Waals surface area contributed by atoms with Crippen LogP contribution in [-0.2, 0) is 17.2 Å². The third kappa shape index (κ3) is 4.53. The van der Waals surface area contributed by atoms with Gasteiger partial charge >= 0.3 is 0 Å². The van der Waals surface area contributed by atoms with E-state index < -0.39 is 22.2 Å². The Morgan fingerprint density at radius 3 is 2.41 bits per heavy atom. The molecule has 9 heteroatoms. The van der Waals surface area contributed by atoms with Crippen LogP contribution in [0.5, 0.6) is 0 Å². The van der Waals surface area contributed by atoms with E-state index in [4.69, 9.17) is 0 Å². The number of halogens is 1. The predicted octanol–water partition coefficient (Wildman–Crippen LogP) is 4.09. The number of nitrogens with zero attached hydrogens (tertiary/aromatic N) is 3. The minimum absolute atomic E-state index is 0.0571. The van der Waals surface area contributed by atoms with Crippen molar-refractivity contribution < 1.29 is 13.4 Å². The quantitative estimate of drug-likeness (QED) is 0.382. The molecule has 0 aliphatic rings. The number of thiophene rings is 1. The third-order valence-electron chi connectivity index (χ3n) is 4.91. The molecule has 0 spiro atoms. The van der Waals surface area contributed by atoms with Crippen molar-refractivity contribution in [3.63, 3.8) is 0 Å². The smallest absolute Gasteiger partial charge is 0.291 e. The highest BCUT2D eigenvalue weighted by Crippen LogP contribution is 2.20. The highest BCUT2D eigenvalue weighted by Gasteiger charge is 2.15. The summed E-state index contributed by atoms with van der Waals surface area (Å²) >= 11 is 1.47. The fourth-order valence-corrected chi connectivity index (χ4v) is 4.83. The van der Waals surface area contributed by atoms with Crippen LogP contribution in [0, 0.1) is 12.7 Å². The molecule has 3 aromatic heterocycles. The Labute approximate surface area is 190 Å². The van der Waals surface area contributed by atoms with Crippen molar-refractivity contribution >= 4 is 27.9 Å². The van der Waals surface area contributed by atoms with E-state index in [1.807, 2.05) is 19.1 Å². The highest BCUT2D eigenvalue weighted by atomic mass is 32.2. The number of aryl methyl sites for hydroxylation is 2. The molecule has 3 heterocycles. The van der Waals surface area contributed by atoms with Crippen molar-refractivity contribution in [3.05, 3.63) is 92.5 Å². The van der Waals surface area contributed by atoms with Crippen LogP contribution in [0.2, 0.25) is 0 Å². The van der Waals surface area contributed by atoms with Crippen molar-refractivity contribution in [1.82, 2.24) is 14.1 Å². The molecule has 1 aromatic carbocycles. The van der Waals surface area contributed by atoms with E-state index in [9.17, 15) is 18.2 Å². The second kappa shape index (κ2) is 9.13. The van der Waals surface area contributed by atoms with E-state index in [1.54, 1.807) is 41.3 Å². The Morgan fingerprint density at radius 1 is 1.09 bits per heavy atom. The Kier molecular flexibility index (Phi) is 6.29. The first kappa shape index (κ1) is 22.0. The van der Waals surface area contributed by atoms with Gasteiger partial charge in [-0.15, -0.1) is 11.3 Å². The average molecular weight is 470 g/mol. The van der Waals surface area contributed by atoms with Crippen LogP contribution in [0.1, 0.15) is 26.7 Å². The van der Waals surface area contributed by atoms with E-state index in [-0.39, 0.29) is 5.78 Å². The first-order valence-corrected chi connectivity index (χ1v) is 12.2. The molecule has 32 heavy (non-hydrogen) atoms. The van der Waals surface area contributed by atoms with Crippen molar-refractivity contribution in [1.29, 1.82) is 0 Å². The van der Waals surface area contributed by atoms with Gasteiger partial charge in [-0.2, -0.15) is 0 Å². The molecule has 0 bridgehead atoms. The number of benzene rings is 1. The Hall–Kier alpha value is -3.17. The standard InChI is InChI=1S/C23H20FN3O3S2/c1-15-5-12-21(31-15)20(28)11-6-16-14-27(23(25-16)32(2)30)18-9-7-17(8-10-18)26-13-3-4-19(24)22(26)29/h3-5,7-10,12-14H,6,11H2,1-2H3. The van der Waals surface area contributed by atoms with Gasteiger partial charge in [0.25, 0.3) is 5.56 Å². The maximum Gasteiger partial charge on any atom is 0.291 e. The van der Waals surface area contributed by atoms with Gasteiger partial charge in [-0.1, -0.05) is 0 Å². The molecule has 164 valence electrons. The molecule has 0 fully saturated rings. The summed E-state index contributed by atoms with van der Waals surface area (Å²) in [5.41, 5.74) is 1.14. The van der Waals surface area contributed by atoms with Gasteiger partial charge in [-0.05, 0) is 61.9 Å². The summed E-state index contributed by atoms with van der Waals surface area (Å²) in [6.07, 6.45) is 5.56. The van der Waals surface area contributed by atoms with Gasteiger partial charge in [-0.25, -0.2) is 9.37 Å². The largest absolute Gasteiger partial charge is 0.293 e. The van der Waals surface area contributed by atoms with Crippen LogP contribution in [-0.4, -0.2) is 30.4 Å². The number of rotatable bonds is 7. The lowest BCUT2D eigenvalue weighted by Gasteiger charge is -2.09. The Bertz CT molecular complexity index is 1370. The fraction of sp³-hybridized carbons (Fsp3) is 0.174. The van der Waals surface area contributed by atoms with Crippen LogP contribution in [0.25, 0.3) is 11.4 Å². The minimum Gasteiger partial charge on any atom is -0.293 e. The molecule has 0 saturated carbocycles. The summed E-state index contributed by atoms with van der Waals surface area (Å²) in [4.78, 5) is 30.7. The number of imidazole rings is 1. The normalized spacial score (nSPS) is 12.1. The van der Waals surface area contributed by atoms with E-state index in [2.05, 4.69) is 4.98 Å². The average Bonchev–Trinajstić information content (AvgIpc) is 3.41. The van der Waals surface area contributed by atoms with Gasteiger partial charge < -0.3 is 0 Å². The molecule has 0 saturated heterocycles. The molecule has 0 radical (unpaired) electrons. The first-order chi connectivity index (χ1) is 15.3.